The van der Waals surface area contributed by atoms with E-state index in [0.717, 1.165) is 41.3 Å². The molecule has 148 valence electrons. The molecule has 1 aliphatic rings. The van der Waals surface area contributed by atoms with Crippen LogP contribution in [0.15, 0.2) is 39.4 Å². The van der Waals surface area contributed by atoms with Gasteiger partial charge in [-0.05, 0) is 36.4 Å². The molecule has 0 saturated carbocycles. The number of nitrogens with one attached hydrogen (secondary N) is 2. The molecular formula is C19H18ClN7OS. The van der Waals surface area contributed by atoms with Crippen molar-refractivity contribution in [3.8, 4) is 0 Å². The first-order valence-electron chi connectivity index (χ1n) is 9.27. The molecule has 1 fully saturated rings. The highest BCUT2D eigenvalue weighted by Gasteiger charge is 2.29. The van der Waals surface area contributed by atoms with E-state index >= 15 is 0 Å². The molecule has 1 aromatic carbocycles. The van der Waals surface area contributed by atoms with Crippen molar-refractivity contribution in [3.63, 3.8) is 0 Å². The molecule has 0 radical (unpaired) electrons. The molecule has 8 nitrogen and oxygen atoms in total. The number of aryl methyl sites for hydroxylation is 1. The quantitative estimate of drug-likeness (QED) is 0.428. The van der Waals surface area contributed by atoms with Crippen LogP contribution >= 0.6 is 23.4 Å². The highest BCUT2D eigenvalue weighted by atomic mass is 35.5. The lowest BCUT2D eigenvalue weighted by Gasteiger charge is -2.38. The van der Waals surface area contributed by atoms with Crippen LogP contribution in [0.1, 0.15) is 12.6 Å². The number of nitrogens with zero attached hydrogens (tertiary/aromatic N) is 4. The summed E-state index contributed by atoms with van der Waals surface area (Å²) in [5.41, 5.74) is 8.10. The predicted molar refractivity (Wildman–Crippen MR) is 115 cm³/mol. The van der Waals surface area contributed by atoms with Gasteiger partial charge in [-0.1, -0.05) is 18.5 Å². The van der Waals surface area contributed by atoms with Crippen molar-refractivity contribution < 1.29 is 0 Å². The van der Waals surface area contributed by atoms with Crippen molar-refractivity contribution in [2.45, 2.75) is 29.4 Å². The number of nitrogens with two attached hydrogens (primary N) is 1. The number of hydrogen-bond acceptors (Lipinski definition) is 7. The SMILES string of the molecule is CCc1[nH]c2nc(Sc3ccc4nc[nH]c(=O)c4c3)nc(N3CC(N)C3)c2c1Cl. The number of halogens is 1. The van der Waals surface area contributed by atoms with Crippen LogP contribution in [0.2, 0.25) is 5.02 Å². The van der Waals surface area contributed by atoms with Crippen LogP contribution in [0.4, 0.5) is 5.82 Å². The molecule has 3 aromatic heterocycles. The molecule has 1 saturated heterocycles. The highest BCUT2D eigenvalue weighted by molar-refractivity contribution is 7.99. The van der Waals surface area contributed by atoms with Gasteiger partial charge in [0.25, 0.3) is 5.56 Å². The van der Waals surface area contributed by atoms with Crippen molar-refractivity contribution in [1.29, 1.82) is 0 Å². The Hall–Kier alpha value is -2.62. The first kappa shape index (κ1) is 18.4. The molecule has 29 heavy (non-hydrogen) atoms. The molecule has 0 aliphatic carbocycles. The Bertz CT molecular complexity index is 1300. The molecular weight excluding hydrogens is 410 g/mol. The summed E-state index contributed by atoms with van der Waals surface area (Å²) in [5, 5.41) is 2.61. The zero-order chi connectivity index (χ0) is 20.1. The topological polar surface area (TPSA) is 117 Å². The van der Waals surface area contributed by atoms with Gasteiger partial charge in [0, 0.05) is 29.7 Å². The smallest absolute Gasteiger partial charge is 0.258 e. The van der Waals surface area contributed by atoms with Crippen LogP contribution in [0.25, 0.3) is 21.9 Å². The van der Waals surface area contributed by atoms with E-state index in [-0.39, 0.29) is 11.6 Å². The van der Waals surface area contributed by atoms with Gasteiger partial charge in [0.05, 0.1) is 27.6 Å². The Morgan fingerprint density at radius 1 is 1.34 bits per heavy atom. The van der Waals surface area contributed by atoms with E-state index in [9.17, 15) is 4.79 Å². The van der Waals surface area contributed by atoms with E-state index in [4.69, 9.17) is 22.3 Å². The predicted octanol–water partition coefficient (Wildman–Crippen LogP) is 2.71. The Balaban J connectivity index is 1.60. The summed E-state index contributed by atoms with van der Waals surface area (Å²) in [6.45, 7) is 3.51. The van der Waals surface area contributed by atoms with Crippen LogP contribution < -0.4 is 16.2 Å². The molecule has 4 N–H and O–H groups in total. The van der Waals surface area contributed by atoms with E-state index in [1.54, 1.807) is 6.07 Å². The summed E-state index contributed by atoms with van der Waals surface area (Å²) in [6, 6.07) is 5.67. The summed E-state index contributed by atoms with van der Waals surface area (Å²) < 4.78 is 0. The third kappa shape index (κ3) is 3.15. The molecule has 1 aliphatic heterocycles. The Kier molecular flexibility index (Phi) is 4.45. The average Bonchev–Trinajstić information content (AvgIpc) is 3.01. The maximum atomic E-state index is 12.1. The van der Waals surface area contributed by atoms with Gasteiger partial charge in [0.15, 0.2) is 5.16 Å². The monoisotopic (exact) mass is 427 g/mol. The molecule has 0 bridgehead atoms. The second kappa shape index (κ2) is 7.01. The van der Waals surface area contributed by atoms with Crippen molar-refractivity contribution in [1.82, 2.24) is 24.9 Å². The number of H-pyrrole nitrogens is 2. The lowest BCUT2D eigenvalue weighted by atomic mass is 10.1. The van der Waals surface area contributed by atoms with E-state index < -0.39 is 0 Å². The Morgan fingerprint density at radius 3 is 2.93 bits per heavy atom. The van der Waals surface area contributed by atoms with Crippen molar-refractivity contribution >= 4 is 51.1 Å². The van der Waals surface area contributed by atoms with E-state index in [0.29, 0.717) is 26.7 Å². The first-order chi connectivity index (χ1) is 14.0. The number of fused-ring (bicyclic) bond motifs is 2. The fraction of sp³-hybridized carbons (Fsp3) is 0.263. The minimum absolute atomic E-state index is 0.138. The standard InChI is InChI=1S/C19H18ClN7OS/c1-2-12-15(20)14-16(24-12)25-19(26-17(14)27-6-9(21)7-27)29-10-3-4-13-11(5-10)18(28)23-8-22-13/h3-5,8-9H,2,6-7,21H2,1H3,(H,22,23,28)(H,24,25,26). The van der Waals surface area contributed by atoms with Gasteiger partial charge in [-0.25, -0.2) is 15.0 Å². The molecule has 0 atom stereocenters. The van der Waals surface area contributed by atoms with E-state index in [2.05, 4.69) is 24.8 Å². The fourth-order valence-corrected chi connectivity index (χ4v) is 4.64. The van der Waals surface area contributed by atoms with Gasteiger partial charge in [-0.3, -0.25) is 4.79 Å². The van der Waals surface area contributed by atoms with Crippen LogP contribution in [0.3, 0.4) is 0 Å². The number of anilines is 1. The van der Waals surface area contributed by atoms with Gasteiger partial charge < -0.3 is 20.6 Å². The summed E-state index contributed by atoms with van der Waals surface area (Å²) in [5.74, 6) is 0.792. The van der Waals surface area contributed by atoms with Gasteiger partial charge in [-0.15, -0.1) is 0 Å². The molecule has 5 rings (SSSR count). The van der Waals surface area contributed by atoms with Gasteiger partial charge in [0.1, 0.15) is 11.5 Å². The van der Waals surface area contributed by atoms with Crippen molar-refractivity contribution in [2.24, 2.45) is 5.73 Å². The lowest BCUT2D eigenvalue weighted by molar-refractivity contribution is 0.514. The van der Waals surface area contributed by atoms with Gasteiger partial charge in [0.2, 0.25) is 0 Å². The molecule has 4 aromatic rings. The number of aromatic amines is 2. The van der Waals surface area contributed by atoms with E-state index in [1.807, 2.05) is 19.1 Å². The van der Waals surface area contributed by atoms with Crippen LogP contribution in [-0.4, -0.2) is 44.1 Å². The summed E-state index contributed by atoms with van der Waals surface area (Å²) >= 11 is 7.99. The largest absolute Gasteiger partial charge is 0.353 e. The van der Waals surface area contributed by atoms with Crippen molar-refractivity contribution in [2.75, 3.05) is 18.0 Å². The van der Waals surface area contributed by atoms with Crippen molar-refractivity contribution in [3.05, 3.63) is 45.6 Å². The summed E-state index contributed by atoms with van der Waals surface area (Å²) in [7, 11) is 0. The minimum Gasteiger partial charge on any atom is -0.353 e. The zero-order valence-electron chi connectivity index (χ0n) is 15.6. The maximum Gasteiger partial charge on any atom is 0.258 e. The Morgan fingerprint density at radius 2 is 2.17 bits per heavy atom. The average molecular weight is 428 g/mol. The minimum atomic E-state index is -0.173. The van der Waals surface area contributed by atoms with Gasteiger partial charge >= 0.3 is 0 Å². The Labute approximate surface area is 174 Å². The number of aromatic nitrogens is 5. The van der Waals surface area contributed by atoms with Crippen LogP contribution in [0.5, 0.6) is 0 Å². The highest BCUT2D eigenvalue weighted by Crippen LogP contribution is 2.37. The molecule has 0 unspecified atom stereocenters. The maximum absolute atomic E-state index is 12.1. The normalized spacial score (nSPS) is 14.7. The third-order valence-electron chi connectivity index (χ3n) is 5.01. The summed E-state index contributed by atoms with van der Waals surface area (Å²) in [6.07, 6.45) is 2.18. The second-order valence-corrected chi connectivity index (χ2v) is 8.42. The molecule has 10 heteroatoms. The second-order valence-electron chi connectivity index (χ2n) is 7.00. The molecule has 4 heterocycles. The van der Waals surface area contributed by atoms with Gasteiger partial charge in [-0.2, -0.15) is 0 Å². The number of rotatable bonds is 4. The summed E-state index contributed by atoms with van der Waals surface area (Å²) in [4.78, 5) is 34.6. The third-order valence-corrected chi connectivity index (χ3v) is 6.28. The van der Waals surface area contributed by atoms with E-state index in [1.165, 1.54) is 18.1 Å². The fourth-order valence-electron chi connectivity index (χ4n) is 3.49. The van der Waals surface area contributed by atoms with Crippen LogP contribution in [-0.2, 0) is 6.42 Å². The lowest BCUT2D eigenvalue weighted by Crippen LogP contribution is -2.56. The van der Waals surface area contributed by atoms with Crippen LogP contribution in [0, 0.1) is 0 Å². The first-order valence-corrected chi connectivity index (χ1v) is 10.5. The number of benzene rings is 1. The zero-order valence-corrected chi connectivity index (χ0v) is 17.1. The molecule has 0 spiro atoms. The number of hydrogen-bond donors (Lipinski definition) is 3. The molecule has 0 amide bonds.